The van der Waals surface area contributed by atoms with Gasteiger partial charge < -0.3 is 20.3 Å². The molecule has 106 valence electrons. The Labute approximate surface area is 118 Å². The first-order chi connectivity index (χ1) is 9.63. The van der Waals surface area contributed by atoms with E-state index in [1.54, 1.807) is 24.3 Å². The van der Waals surface area contributed by atoms with Gasteiger partial charge in [-0.15, -0.1) is 0 Å². The van der Waals surface area contributed by atoms with Gasteiger partial charge in [0.05, 0.1) is 0 Å². The molecule has 20 heavy (non-hydrogen) atoms. The molecule has 0 aliphatic carbocycles. The van der Waals surface area contributed by atoms with E-state index >= 15 is 0 Å². The molecule has 0 radical (unpaired) electrons. The van der Waals surface area contributed by atoms with Gasteiger partial charge in [-0.25, -0.2) is 0 Å². The number of anilines is 1. The SMILES string of the molecule is Cc1ccc(OCC(O)COc2cccc(N)c2)cc1. The van der Waals surface area contributed by atoms with Crippen molar-refractivity contribution in [2.75, 3.05) is 18.9 Å². The minimum atomic E-state index is -0.697. The zero-order chi connectivity index (χ0) is 14.4. The monoisotopic (exact) mass is 273 g/mol. The summed E-state index contributed by atoms with van der Waals surface area (Å²) in [5.74, 6) is 1.37. The molecular formula is C16H19NO3. The van der Waals surface area contributed by atoms with E-state index in [1.165, 1.54) is 5.56 Å². The number of hydrogen-bond acceptors (Lipinski definition) is 4. The number of aryl methyl sites for hydroxylation is 1. The lowest BCUT2D eigenvalue weighted by molar-refractivity contribution is 0.0626. The molecule has 1 atom stereocenters. The summed E-state index contributed by atoms with van der Waals surface area (Å²) in [6.45, 7) is 2.36. The van der Waals surface area contributed by atoms with Gasteiger partial charge in [-0.05, 0) is 31.2 Å². The van der Waals surface area contributed by atoms with Crippen molar-refractivity contribution in [3.05, 3.63) is 54.1 Å². The molecule has 0 fully saturated rings. The van der Waals surface area contributed by atoms with Crippen LogP contribution in [0.25, 0.3) is 0 Å². The number of aliphatic hydroxyl groups excluding tert-OH is 1. The largest absolute Gasteiger partial charge is 0.491 e. The Morgan fingerprint density at radius 1 is 1.00 bits per heavy atom. The molecule has 2 aromatic carbocycles. The maximum atomic E-state index is 9.81. The van der Waals surface area contributed by atoms with Crippen LogP contribution in [0, 0.1) is 6.92 Å². The van der Waals surface area contributed by atoms with Crippen molar-refractivity contribution in [3.8, 4) is 11.5 Å². The second-order valence-electron chi connectivity index (χ2n) is 4.66. The van der Waals surface area contributed by atoms with E-state index in [9.17, 15) is 5.11 Å². The third-order valence-electron chi connectivity index (χ3n) is 2.76. The van der Waals surface area contributed by atoms with Crippen LogP contribution in [0.2, 0.25) is 0 Å². The van der Waals surface area contributed by atoms with Crippen LogP contribution in [0.3, 0.4) is 0 Å². The third kappa shape index (κ3) is 4.48. The van der Waals surface area contributed by atoms with Gasteiger partial charge in [0.15, 0.2) is 0 Å². The first-order valence-electron chi connectivity index (χ1n) is 6.49. The average Bonchev–Trinajstić information content (AvgIpc) is 2.45. The number of hydrogen-bond donors (Lipinski definition) is 2. The zero-order valence-electron chi connectivity index (χ0n) is 11.5. The fourth-order valence-electron chi connectivity index (χ4n) is 1.67. The van der Waals surface area contributed by atoms with E-state index in [1.807, 2.05) is 31.2 Å². The highest BCUT2D eigenvalue weighted by atomic mass is 16.5. The lowest BCUT2D eigenvalue weighted by Gasteiger charge is -2.14. The molecule has 0 saturated carbocycles. The number of rotatable bonds is 6. The maximum Gasteiger partial charge on any atom is 0.122 e. The van der Waals surface area contributed by atoms with Gasteiger partial charge in [-0.1, -0.05) is 23.8 Å². The molecule has 2 rings (SSSR count). The standard InChI is InChI=1S/C16H19NO3/c1-12-5-7-15(8-6-12)19-10-14(18)11-20-16-4-2-3-13(17)9-16/h2-9,14,18H,10-11,17H2,1H3. The number of nitrogen functional groups attached to an aromatic ring is 1. The van der Waals surface area contributed by atoms with Gasteiger partial charge >= 0.3 is 0 Å². The van der Waals surface area contributed by atoms with Gasteiger partial charge in [0.2, 0.25) is 0 Å². The molecule has 0 spiro atoms. The highest BCUT2D eigenvalue weighted by Crippen LogP contribution is 2.15. The Hall–Kier alpha value is -2.20. The third-order valence-corrected chi connectivity index (χ3v) is 2.76. The molecule has 2 aromatic rings. The van der Waals surface area contributed by atoms with Gasteiger partial charge in [0, 0.05) is 11.8 Å². The summed E-state index contributed by atoms with van der Waals surface area (Å²) in [4.78, 5) is 0. The lowest BCUT2D eigenvalue weighted by Crippen LogP contribution is -2.25. The summed E-state index contributed by atoms with van der Waals surface area (Å²) in [6.07, 6.45) is -0.697. The van der Waals surface area contributed by atoms with Crippen molar-refractivity contribution in [2.24, 2.45) is 0 Å². The van der Waals surface area contributed by atoms with Gasteiger partial charge in [-0.3, -0.25) is 0 Å². The number of ether oxygens (including phenoxy) is 2. The van der Waals surface area contributed by atoms with Crippen LogP contribution in [0.5, 0.6) is 11.5 Å². The Morgan fingerprint density at radius 3 is 2.30 bits per heavy atom. The molecule has 0 aliphatic rings. The molecule has 0 amide bonds. The Kier molecular flexibility index (Phi) is 4.85. The second-order valence-corrected chi connectivity index (χ2v) is 4.66. The van der Waals surface area contributed by atoms with Crippen LogP contribution in [0.1, 0.15) is 5.56 Å². The first kappa shape index (κ1) is 14.2. The van der Waals surface area contributed by atoms with E-state index in [-0.39, 0.29) is 13.2 Å². The molecule has 0 heterocycles. The number of aliphatic hydroxyl groups is 1. The van der Waals surface area contributed by atoms with E-state index in [2.05, 4.69) is 0 Å². The Morgan fingerprint density at radius 2 is 1.65 bits per heavy atom. The van der Waals surface area contributed by atoms with Crippen molar-refractivity contribution in [2.45, 2.75) is 13.0 Å². The molecule has 0 saturated heterocycles. The van der Waals surface area contributed by atoms with Crippen LogP contribution in [-0.2, 0) is 0 Å². The van der Waals surface area contributed by atoms with Crippen molar-refractivity contribution in [1.29, 1.82) is 0 Å². The second kappa shape index (κ2) is 6.82. The lowest BCUT2D eigenvalue weighted by atomic mass is 10.2. The van der Waals surface area contributed by atoms with Gasteiger partial charge in [0.1, 0.15) is 30.8 Å². The van der Waals surface area contributed by atoms with Crippen molar-refractivity contribution < 1.29 is 14.6 Å². The average molecular weight is 273 g/mol. The summed E-state index contributed by atoms with van der Waals surface area (Å²) < 4.78 is 10.9. The van der Waals surface area contributed by atoms with E-state index in [0.29, 0.717) is 11.4 Å². The van der Waals surface area contributed by atoms with Crippen LogP contribution in [0.15, 0.2) is 48.5 Å². The van der Waals surface area contributed by atoms with Crippen LogP contribution in [0.4, 0.5) is 5.69 Å². The van der Waals surface area contributed by atoms with Crippen molar-refractivity contribution in [3.63, 3.8) is 0 Å². The summed E-state index contributed by atoms with van der Waals surface area (Å²) in [5.41, 5.74) is 7.45. The first-order valence-corrected chi connectivity index (χ1v) is 6.49. The van der Waals surface area contributed by atoms with E-state index < -0.39 is 6.10 Å². The fraction of sp³-hybridized carbons (Fsp3) is 0.250. The number of benzene rings is 2. The normalized spacial score (nSPS) is 11.9. The highest BCUT2D eigenvalue weighted by molar-refractivity contribution is 5.43. The van der Waals surface area contributed by atoms with Crippen LogP contribution in [-0.4, -0.2) is 24.4 Å². The maximum absolute atomic E-state index is 9.81. The topological polar surface area (TPSA) is 64.7 Å². The molecule has 4 heteroatoms. The van der Waals surface area contributed by atoms with E-state index in [4.69, 9.17) is 15.2 Å². The van der Waals surface area contributed by atoms with Gasteiger partial charge in [-0.2, -0.15) is 0 Å². The Bertz CT molecular complexity index is 540. The predicted octanol–water partition coefficient (Wildman–Crippen LogP) is 2.40. The van der Waals surface area contributed by atoms with Crippen LogP contribution < -0.4 is 15.2 Å². The highest BCUT2D eigenvalue weighted by Gasteiger charge is 2.06. The summed E-state index contributed by atoms with van der Waals surface area (Å²) in [7, 11) is 0. The summed E-state index contributed by atoms with van der Waals surface area (Å²) >= 11 is 0. The summed E-state index contributed by atoms with van der Waals surface area (Å²) in [6, 6.07) is 14.8. The minimum Gasteiger partial charge on any atom is -0.491 e. The fourth-order valence-corrected chi connectivity index (χ4v) is 1.67. The molecule has 4 nitrogen and oxygen atoms in total. The number of nitrogens with two attached hydrogens (primary N) is 1. The van der Waals surface area contributed by atoms with Crippen LogP contribution >= 0.6 is 0 Å². The zero-order valence-corrected chi connectivity index (χ0v) is 11.5. The molecule has 1 unspecified atom stereocenters. The van der Waals surface area contributed by atoms with Crippen molar-refractivity contribution >= 4 is 5.69 Å². The molecular weight excluding hydrogens is 254 g/mol. The molecule has 3 N–H and O–H groups in total. The molecule has 0 aromatic heterocycles. The summed E-state index contributed by atoms with van der Waals surface area (Å²) in [5, 5.41) is 9.81. The smallest absolute Gasteiger partial charge is 0.122 e. The molecule has 0 bridgehead atoms. The minimum absolute atomic E-state index is 0.162. The predicted molar refractivity (Wildman–Crippen MR) is 79.0 cm³/mol. The van der Waals surface area contributed by atoms with E-state index in [0.717, 1.165) is 5.75 Å². The molecule has 0 aliphatic heterocycles. The quantitative estimate of drug-likeness (QED) is 0.793. The Balaban J connectivity index is 1.75. The van der Waals surface area contributed by atoms with Crippen molar-refractivity contribution in [1.82, 2.24) is 0 Å². The van der Waals surface area contributed by atoms with Gasteiger partial charge in [0.25, 0.3) is 0 Å².